The number of nitrogens with zero attached hydrogens (tertiary/aromatic N) is 1. The molecule has 0 saturated heterocycles. The quantitative estimate of drug-likeness (QED) is 0.908. The van der Waals surface area contributed by atoms with Crippen LogP contribution in [0.4, 0.5) is 4.79 Å². The number of fused-ring (bicyclic) bond motifs is 1. The van der Waals surface area contributed by atoms with E-state index in [1.165, 1.54) is 22.3 Å². The summed E-state index contributed by atoms with van der Waals surface area (Å²) in [5.74, 6) is -0.360. The molecule has 2 rings (SSSR count). The van der Waals surface area contributed by atoms with Crippen LogP contribution in [0.1, 0.15) is 35.3 Å². The van der Waals surface area contributed by atoms with Crippen molar-refractivity contribution < 1.29 is 24.2 Å². The molecule has 1 N–H and O–H groups in total. The van der Waals surface area contributed by atoms with E-state index < -0.39 is 17.7 Å². The fourth-order valence-corrected chi connectivity index (χ4v) is 2.99. The predicted octanol–water partition coefficient (Wildman–Crippen LogP) is 2.62. The van der Waals surface area contributed by atoms with E-state index in [0.717, 1.165) is 4.88 Å². The van der Waals surface area contributed by atoms with E-state index in [1.807, 2.05) is 20.8 Å². The number of carbonyl (C=O) groups excluding carboxylic acids is 1. The number of carboxylic acid groups (broad SMARTS) is 1. The monoisotopic (exact) mass is 313 g/mol. The van der Waals surface area contributed by atoms with E-state index in [0.29, 0.717) is 18.8 Å². The number of hydrogen-bond donors (Lipinski definition) is 1. The third-order valence-corrected chi connectivity index (χ3v) is 4.19. The van der Waals surface area contributed by atoms with Crippen LogP contribution in [0.5, 0.6) is 5.75 Å². The lowest BCUT2D eigenvalue weighted by molar-refractivity contribution is 0.0161. The Morgan fingerprint density at radius 1 is 1.48 bits per heavy atom. The molecule has 0 saturated carbocycles. The molecule has 0 aromatic carbocycles. The Morgan fingerprint density at radius 3 is 2.71 bits per heavy atom. The highest BCUT2D eigenvalue weighted by Crippen LogP contribution is 2.34. The molecule has 116 valence electrons. The average molecular weight is 313 g/mol. The molecule has 0 bridgehead atoms. The Bertz CT molecular complexity index is 560. The highest BCUT2D eigenvalue weighted by atomic mass is 32.1. The highest BCUT2D eigenvalue weighted by molar-refractivity contribution is 7.14. The number of amides is 1. The number of carboxylic acids is 1. The van der Waals surface area contributed by atoms with Gasteiger partial charge in [0.1, 0.15) is 22.8 Å². The average Bonchev–Trinajstić information content (AvgIpc) is 2.78. The minimum atomic E-state index is -0.963. The van der Waals surface area contributed by atoms with Gasteiger partial charge in [0.05, 0.1) is 6.04 Å². The van der Waals surface area contributed by atoms with Gasteiger partial charge < -0.3 is 19.5 Å². The summed E-state index contributed by atoms with van der Waals surface area (Å²) >= 11 is 1.19. The lowest BCUT2D eigenvalue weighted by Gasteiger charge is -2.32. The minimum Gasteiger partial charge on any atom is -0.490 e. The molecule has 21 heavy (non-hydrogen) atoms. The lowest BCUT2D eigenvalue weighted by Crippen LogP contribution is -2.45. The van der Waals surface area contributed by atoms with Crippen molar-refractivity contribution in [2.24, 2.45) is 0 Å². The fourth-order valence-electron chi connectivity index (χ4n) is 1.97. The van der Waals surface area contributed by atoms with Gasteiger partial charge in [-0.05, 0) is 20.8 Å². The molecular weight excluding hydrogens is 294 g/mol. The summed E-state index contributed by atoms with van der Waals surface area (Å²) in [4.78, 5) is 25.6. The first-order chi connectivity index (χ1) is 9.67. The third kappa shape index (κ3) is 3.66. The molecule has 7 heteroatoms. The van der Waals surface area contributed by atoms with Gasteiger partial charge in [-0.15, -0.1) is 11.3 Å². The van der Waals surface area contributed by atoms with Crippen molar-refractivity contribution in [2.75, 3.05) is 13.7 Å². The second kappa shape index (κ2) is 5.55. The van der Waals surface area contributed by atoms with E-state index in [-0.39, 0.29) is 10.9 Å². The molecule has 0 radical (unpaired) electrons. The van der Waals surface area contributed by atoms with Gasteiger partial charge in [-0.1, -0.05) is 0 Å². The summed E-state index contributed by atoms with van der Waals surface area (Å²) < 4.78 is 10.9. The van der Waals surface area contributed by atoms with Crippen molar-refractivity contribution in [3.05, 3.63) is 15.8 Å². The summed E-state index contributed by atoms with van der Waals surface area (Å²) in [5, 5.41) is 9.00. The largest absolute Gasteiger partial charge is 0.490 e. The second-order valence-corrected chi connectivity index (χ2v) is 7.10. The number of likely N-dealkylation sites (N-methyl/N-ethyl adjacent to an activating group) is 1. The van der Waals surface area contributed by atoms with Crippen molar-refractivity contribution >= 4 is 23.4 Å². The van der Waals surface area contributed by atoms with Crippen LogP contribution in [-0.4, -0.2) is 47.4 Å². The van der Waals surface area contributed by atoms with E-state index in [2.05, 4.69) is 0 Å². The Hall–Kier alpha value is -1.76. The van der Waals surface area contributed by atoms with Crippen LogP contribution in [0.25, 0.3) is 0 Å². The zero-order valence-electron chi connectivity index (χ0n) is 12.5. The van der Waals surface area contributed by atoms with Crippen LogP contribution in [0.15, 0.2) is 6.07 Å². The number of rotatable bonds is 2. The fraction of sp³-hybridized carbons (Fsp3) is 0.571. The van der Waals surface area contributed by atoms with Gasteiger partial charge in [-0.3, -0.25) is 0 Å². The Labute approximate surface area is 127 Å². The molecule has 1 aliphatic heterocycles. The van der Waals surface area contributed by atoms with Crippen molar-refractivity contribution in [3.8, 4) is 5.75 Å². The molecule has 1 aliphatic rings. The van der Waals surface area contributed by atoms with E-state index in [9.17, 15) is 9.59 Å². The maximum Gasteiger partial charge on any atom is 0.410 e. The maximum absolute atomic E-state index is 12.0. The van der Waals surface area contributed by atoms with E-state index in [4.69, 9.17) is 14.6 Å². The van der Waals surface area contributed by atoms with Gasteiger partial charge in [-0.25, -0.2) is 9.59 Å². The van der Waals surface area contributed by atoms with Gasteiger partial charge >= 0.3 is 12.1 Å². The zero-order valence-corrected chi connectivity index (χ0v) is 13.3. The minimum absolute atomic E-state index is 0.160. The molecule has 6 nitrogen and oxygen atoms in total. The number of ether oxygens (including phenoxy) is 2. The molecule has 0 aliphatic carbocycles. The molecule has 1 atom stereocenters. The smallest absolute Gasteiger partial charge is 0.410 e. The Kier molecular flexibility index (Phi) is 4.13. The van der Waals surface area contributed by atoms with Crippen LogP contribution in [0.2, 0.25) is 0 Å². The summed E-state index contributed by atoms with van der Waals surface area (Å²) in [6.45, 7) is 5.77. The first kappa shape index (κ1) is 15.6. The number of carbonyl (C=O) groups is 2. The van der Waals surface area contributed by atoms with Crippen molar-refractivity contribution in [1.82, 2.24) is 4.90 Å². The lowest BCUT2D eigenvalue weighted by atomic mass is 10.1. The maximum atomic E-state index is 12.0. The molecule has 1 aromatic heterocycles. The first-order valence-corrected chi connectivity index (χ1v) is 7.43. The summed E-state index contributed by atoms with van der Waals surface area (Å²) in [7, 11) is 1.67. The molecule has 2 heterocycles. The third-order valence-electron chi connectivity index (χ3n) is 3.06. The Balaban J connectivity index is 2.06. The molecular formula is C14H19NO5S. The molecule has 0 spiro atoms. The SMILES string of the molecule is CN(C(=O)OC(C)(C)C)C1COc2cc(C(=O)O)sc2C1. The summed E-state index contributed by atoms with van der Waals surface area (Å²) in [6, 6.07) is 1.37. The van der Waals surface area contributed by atoms with Crippen LogP contribution < -0.4 is 4.74 Å². The van der Waals surface area contributed by atoms with Crippen molar-refractivity contribution in [1.29, 1.82) is 0 Å². The van der Waals surface area contributed by atoms with E-state index >= 15 is 0 Å². The number of aromatic carboxylic acids is 1. The Morgan fingerprint density at radius 2 is 2.14 bits per heavy atom. The van der Waals surface area contributed by atoms with Crippen LogP contribution in [0, 0.1) is 0 Å². The molecule has 1 aromatic rings. The first-order valence-electron chi connectivity index (χ1n) is 6.62. The molecule has 1 amide bonds. The summed E-state index contributed by atoms with van der Waals surface area (Å²) in [5.41, 5.74) is -0.550. The topological polar surface area (TPSA) is 76.1 Å². The highest BCUT2D eigenvalue weighted by Gasteiger charge is 2.31. The summed E-state index contributed by atoms with van der Waals surface area (Å²) in [6.07, 6.45) is 0.165. The van der Waals surface area contributed by atoms with Gasteiger partial charge in [0.25, 0.3) is 0 Å². The van der Waals surface area contributed by atoms with Crippen LogP contribution >= 0.6 is 11.3 Å². The van der Waals surface area contributed by atoms with Gasteiger partial charge in [-0.2, -0.15) is 0 Å². The molecule has 1 unspecified atom stereocenters. The van der Waals surface area contributed by atoms with E-state index in [1.54, 1.807) is 7.05 Å². The predicted molar refractivity (Wildman–Crippen MR) is 78.3 cm³/mol. The van der Waals surface area contributed by atoms with Crippen LogP contribution in [0.3, 0.4) is 0 Å². The van der Waals surface area contributed by atoms with Gasteiger partial charge in [0.15, 0.2) is 0 Å². The van der Waals surface area contributed by atoms with Crippen molar-refractivity contribution in [2.45, 2.75) is 38.8 Å². The van der Waals surface area contributed by atoms with Crippen molar-refractivity contribution in [3.63, 3.8) is 0 Å². The number of thiophene rings is 1. The van der Waals surface area contributed by atoms with Gasteiger partial charge in [0.2, 0.25) is 0 Å². The normalized spacial score (nSPS) is 17.6. The zero-order chi connectivity index (χ0) is 15.8. The second-order valence-electron chi connectivity index (χ2n) is 5.96. The standard InChI is InChI=1S/C14H19NO5S/c1-14(2,3)20-13(18)15(4)8-5-10-9(19-7-8)6-11(21-10)12(16)17/h6,8H,5,7H2,1-4H3,(H,16,17). The van der Waals surface area contributed by atoms with Gasteiger partial charge in [0, 0.05) is 24.4 Å². The molecule has 0 fully saturated rings. The van der Waals surface area contributed by atoms with Crippen LogP contribution in [-0.2, 0) is 11.2 Å². The number of hydrogen-bond acceptors (Lipinski definition) is 5.